The number of rotatable bonds is 3. The standard InChI is InChI=1S/C6H12O.C2H3N/c1-3-5-6(7)4-2;1-2-3/h3-5H2,1-2H3;1H3. The summed E-state index contributed by atoms with van der Waals surface area (Å²) in [4.78, 5) is 10.4. The Hall–Kier alpha value is -0.840. The first-order chi connectivity index (χ1) is 4.72. The largest absolute Gasteiger partial charge is 0.300 e. The minimum atomic E-state index is 0.377. The molecular weight excluding hydrogens is 126 g/mol. The van der Waals surface area contributed by atoms with Crippen molar-refractivity contribution < 1.29 is 4.79 Å². The van der Waals surface area contributed by atoms with Gasteiger partial charge in [-0.3, -0.25) is 4.79 Å². The molecule has 0 aliphatic carbocycles. The van der Waals surface area contributed by atoms with Gasteiger partial charge in [0.25, 0.3) is 0 Å². The van der Waals surface area contributed by atoms with Gasteiger partial charge in [0.15, 0.2) is 0 Å². The molecule has 0 aliphatic heterocycles. The van der Waals surface area contributed by atoms with Gasteiger partial charge in [0, 0.05) is 19.8 Å². The molecule has 0 amide bonds. The number of nitriles is 1. The van der Waals surface area contributed by atoms with E-state index in [-0.39, 0.29) is 0 Å². The smallest absolute Gasteiger partial charge is 0.132 e. The van der Waals surface area contributed by atoms with Gasteiger partial charge in [-0.05, 0) is 6.42 Å². The van der Waals surface area contributed by atoms with Crippen molar-refractivity contribution in [3.05, 3.63) is 0 Å². The summed E-state index contributed by atoms with van der Waals surface area (Å²) in [6.45, 7) is 5.35. The Labute approximate surface area is 62.9 Å². The highest BCUT2D eigenvalue weighted by molar-refractivity contribution is 5.77. The van der Waals surface area contributed by atoms with E-state index in [2.05, 4.69) is 0 Å². The van der Waals surface area contributed by atoms with E-state index in [1.165, 1.54) is 6.92 Å². The van der Waals surface area contributed by atoms with E-state index in [0.717, 1.165) is 12.8 Å². The molecule has 0 aromatic carbocycles. The van der Waals surface area contributed by atoms with Crippen molar-refractivity contribution in [3.63, 3.8) is 0 Å². The summed E-state index contributed by atoms with van der Waals surface area (Å²) in [5.74, 6) is 0.377. The summed E-state index contributed by atoms with van der Waals surface area (Å²) < 4.78 is 0. The molecule has 0 aromatic heterocycles. The van der Waals surface area contributed by atoms with E-state index in [4.69, 9.17) is 5.26 Å². The highest BCUT2D eigenvalue weighted by Crippen LogP contribution is 1.90. The van der Waals surface area contributed by atoms with Crippen molar-refractivity contribution in [1.82, 2.24) is 0 Å². The lowest BCUT2D eigenvalue weighted by molar-refractivity contribution is -0.118. The second-order valence-corrected chi connectivity index (χ2v) is 1.87. The van der Waals surface area contributed by atoms with Gasteiger partial charge < -0.3 is 0 Å². The molecule has 0 aliphatic rings. The van der Waals surface area contributed by atoms with Gasteiger partial charge in [0.2, 0.25) is 0 Å². The van der Waals surface area contributed by atoms with Crippen molar-refractivity contribution >= 4 is 5.78 Å². The Morgan fingerprint density at radius 1 is 1.50 bits per heavy atom. The van der Waals surface area contributed by atoms with Crippen molar-refractivity contribution in [2.24, 2.45) is 0 Å². The van der Waals surface area contributed by atoms with Gasteiger partial charge in [-0.25, -0.2) is 0 Å². The third-order valence-electron chi connectivity index (χ3n) is 0.923. The van der Waals surface area contributed by atoms with Gasteiger partial charge >= 0.3 is 0 Å². The molecule has 10 heavy (non-hydrogen) atoms. The fourth-order valence-corrected chi connectivity index (χ4v) is 0.456. The van der Waals surface area contributed by atoms with Crippen molar-refractivity contribution in [2.75, 3.05) is 0 Å². The molecule has 0 heterocycles. The molecule has 2 heteroatoms. The molecule has 0 atom stereocenters. The van der Waals surface area contributed by atoms with E-state index in [1.807, 2.05) is 13.8 Å². The van der Waals surface area contributed by atoms with Crippen LogP contribution in [0.4, 0.5) is 0 Å². The van der Waals surface area contributed by atoms with Crippen LogP contribution in [0.1, 0.15) is 40.0 Å². The molecule has 0 saturated carbocycles. The normalized spacial score (nSPS) is 7.00. The lowest BCUT2D eigenvalue weighted by Gasteiger charge is -1.87. The van der Waals surface area contributed by atoms with Gasteiger partial charge in [-0.15, -0.1) is 0 Å². The first-order valence-electron chi connectivity index (χ1n) is 3.55. The van der Waals surface area contributed by atoms with Crippen molar-refractivity contribution in [2.45, 2.75) is 40.0 Å². The van der Waals surface area contributed by atoms with E-state index in [0.29, 0.717) is 12.2 Å². The number of carbonyl (C=O) groups is 1. The minimum absolute atomic E-state index is 0.377. The van der Waals surface area contributed by atoms with Crippen molar-refractivity contribution in [1.29, 1.82) is 5.26 Å². The summed E-state index contributed by atoms with van der Waals surface area (Å²) in [6.07, 6.45) is 2.46. The van der Waals surface area contributed by atoms with E-state index in [1.54, 1.807) is 6.07 Å². The third kappa shape index (κ3) is 15.7. The lowest BCUT2D eigenvalue weighted by Crippen LogP contribution is -1.91. The summed E-state index contributed by atoms with van der Waals surface area (Å²) >= 11 is 0. The maximum atomic E-state index is 10.4. The summed E-state index contributed by atoms with van der Waals surface area (Å²) in [6, 6.07) is 1.75. The van der Waals surface area contributed by atoms with Crippen LogP contribution < -0.4 is 0 Å². The summed E-state index contributed by atoms with van der Waals surface area (Å²) in [7, 11) is 0. The average molecular weight is 141 g/mol. The molecule has 0 fully saturated rings. The van der Waals surface area contributed by atoms with Gasteiger partial charge in [0.1, 0.15) is 5.78 Å². The molecule has 0 radical (unpaired) electrons. The van der Waals surface area contributed by atoms with Crippen LogP contribution in [0.15, 0.2) is 0 Å². The zero-order valence-electron chi connectivity index (χ0n) is 6.98. The zero-order valence-corrected chi connectivity index (χ0v) is 6.98. The average Bonchev–Trinajstić information content (AvgIpc) is 1.90. The molecule has 0 saturated heterocycles. The van der Waals surface area contributed by atoms with Crippen molar-refractivity contribution in [3.8, 4) is 6.07 Å². The SMILES string of the molecule is CC#N.CCCC(=O)CC. The maximum Gasteiger partial charge on any atom is 0.132 e. The molecule has 0 N–H and O–H groups in total. The van der Waals surface area contributed by atoms with E-state index < -0.39 is 0 Å². The van der Waals surface area contributed by atoms with Gasteiger partial charge in [-0.1, -0.05) is 13.8 Å². The molecular formula is C8H15NO. The van der Waals surface area contributed by atoms with Gasteiger partial charge in [0.05, 0.1) is 6.07 Å². The van der Waals surface area contributed by atoms with Crippen LogP contribution >= 0.6 is 0 Å². The number of Topliss-reactive ketones (excluding diaryl/α,β-unsaturated/α-hetero) is 1. The van der Waals surface area contributed by atoms with Gasteiger partial charge in [-0.2, -0.15) is 5.26 Å². The van der Waals surface area contributed by atoms with Crippen LogP contribution in [-0.4, -0.2) is 5.78 Å². The monoisotopic (exact) mass is 141 g/mol. The molecule has 58 valence electrons. The maximum absolute atomic E-state index is 10.4. The highest BCUT2D eigenvalue weighted by atomic mass is 16.1. The molecule has 0 rings (SSSR count). The molecule has 0 bridgehead atoms. The fraction of sp³-hybridized carbons (Fsp3) is 0.750. The topological polar surface area (TPSA) is 40.9 Å². The van der Waals surface area contributed by atoms with Crippen LogP contribution in [0.25, 0.3) is 0 Å². The number of hydrogen-bond donors (Lipinski definition) is 0. The molecule has 2 nitrogen and oxygen atoms in total. The zero-order chi connectivity index (χ0) is 8.41. The van der Waals surface area contributed by atoms with Crippen LogP contribution in [0.5, 0.6) is 0 Å². The number of hydrogen-bond acceptors (Lipinski definition) is 2. The Morgan fingerprint density at radius 2 is 1.90 bits per heavy atom. The van der Waals surface area contributed by atoms with Crippen LogP contribution in [-0.2, 0) is 4.79 Å². The quantitative estimate of drug-likeness (QED) is 0.605. The molecule has 0 aromatic rings. The third-order valence-corrected chi connectivity index (χ3v) is 0.923. The second-order valence-electron chi connectivity index (χ2n) is 1.87. The van der Waals surface area contributed by atoms with E-state index >= 15 is 0 Å². The molecule has 0 spiro atoms. The minimum Gasteiger partial charge on any atom is -0.300 e. The Morgan fingerprint density at radius 3 is 2.00 bits per heavy atom. The summed E-state index contributed by atoms with van der Waals surface area (Å²) in [5, 5.41) is 7.32. The second kappa shape index (κ2) is 11.0. The number of ketones is 1. The summed E-state index contributed by atoms with van der Waals surface area (Å²) in [5.41, 5.74) is 0. The first-order valence-corrected chi connectivity index (χ1v) is 3.55. The Balaban J connectivity index is 0. The van der Waals surface area contributed by atoms with Crippen LogP contribution in [0.3, 0.4) is 0 Å². The fourth-order valence-electron chi connectivity index (χ4n) is 0.456. The first kappa shape index (κ1) is 11.9. The predicted octanol–water partition coefficient (Wildman–Crippen LogP) is 2.30. The van der Waals surface area contributed by atoms with Crippen LogP contribution in [0, 0.1) is 11.3 Å². The lowest BCUT2D eigenvalue weighted by atomic mass is 10.2. The number of carbonyl (C=O) groups excluding carboxylic acids is 1. The van der Waals surface area contributed by atoms with E-state index in [9.17, 15) is 4.79 Å². The van der Waals surface area contributed by atoms with Crippen LogP contribution in [0.2, 0.25) is 0 Å². The number of nitrogens with zero attached hydrogens (tertiary/aromatic N) is 1. The Kier molecular flexibility index (Phi) is 13.1. The molecule has 0 unspecified atom stereocenters. The Bertz CT molecular complexity index is 113. The predicted molar refractivity (Wildman–Crippen MR) is 41.5 cm³/mol. The highest BCUT2D eigenvalue weighted by Gasteiger charge is 1.91.